The van der Waals surface area contributed by atoms with Gasteiger partial charge in [-0.2, -0.15) is 0 Å². The summed E-state index contributed by atoms with van der Waals surface area (Å²) < 4.78 is 16.3. The van der Waals surface area contributed by atoms with E-state index in [2.05, 4.69) is 0 Å². The van der Waals surface area contributed by atoms with E-state index in [0.29, 0.717) is 30.2 Å². The molecule has 0 N–H and O–H groups in total. The van der Waals surface area contributed by atoms with Crippen LogP contribution in [0.25, 0.3) is 0 Å². The molecule has 2 heterocycles. The lowest BCUT2D eigenvalue weighted by atomic mass is 10.1. The summed E-state index contributed by atoms with van der Waals surface area (Å²) in [5.41, 5.74) is 0.566. The fourth-order valence-electron chi connectivity index (χ4n) is 2.44. The number of fused-ring (bicyclic) bond motifs is 1. The number of hydrogen-bond acceptors (Lipinski definition) is 4. The molecule has 5 heteroatoms. The third kappa shape index (κ3) is 2.14. The van der Waals surface area contributed by atoms with Gasteiger partial charge in [-0.25, -0.2) is 0 Å². The number of carbonyl (C=O) groups excluding carboxylic acids is 1. The second kappa shape index (κ2) is 4.74. The molecule has 0 aliphatic carbocycles. The number of morpholine rings is 1. The Bertz CT molecular complexity index is 502. The molecule has 102 valence electrons. The number of nitrogens with zero attached hydrogens (tertiary/aromatic N) is 1. The Morgan fingerprint density at radius 3 is 3.00 bits per heavy atom. The Morgan fingerprint density at radius 1 is 1.32 bits per heavy atom. The fraction of sp³-hybridized carbons (Fsp3) is 0.500. The van der Waals surface area contributed by atoms with Crippen molar-refractivity contribution in [1.29, 1.82) is 0 Å². The predicted molar refractivity (Wildman–Crippen MR) is 68.5 cm³/mol. The van der Waals surface area contributed by atoms with E-state index in [9.17, 15) is 4.79 Å². The molecular weight excluding hydrogens is 246 g/mol. The van der Waals surface area contributed by atoms with Gasteiger partial charge in [-0.1, -0.05) is 6.07 Å². The van der Waals surface area contributed by atoms with Crippen LogP contribution >= 0.6 is 0 Å². The lowest BCUT2D eigenvalue weighted by Gasteiger charge is -2.36. The summed E-state index contributed by atoms with van der Waals surface area (Å²) in [4.78, 5) is 14.5. The molecule has 3 rings (SSSR count). The van der Waals surface area contributed by atoms with E-state index in [4.69, 9.17) is 14.2 Å². The number of ether oxygens (including phenoxy) is 3. The second-order valence-corrected chi connectivity index (χ2v) is 4.99. The SMILES string of the molecule is C[C@H]1CN(C(=O)c2cccc3c2OCO3)[C@@H](C)CO1. The summed E-state index contributed by atoms with van der Waals surface area (Å²) in [6.07, 6.45) is 0.0640. The van der Waals surface area contributed by atoms with Crippen molar-refractivity contribution in [2.75, 3.05) is 19.9 Å². The summed E-state index contributed by atoms with van der Waals surface area (Å²) in [6, 6.07) is 5.48. The van der Waals surface area contributed by atoms with Gasteiger partial charge in [0.1, 0.15) is 0 Å². The van der Waals surface area contributed by atoms with Crippen LogP contribution in [0.5, 0.6) is 11.5 Å². The largest absolute Gasteiger partial charge is 0.454 e. The lowest BCUT2D eigenvalue weighted by Crippen LogP contribution is -2.50. The van der Waals surface area contributed by atoms with Gasteiger partial charge in [0.2, 0.25) is 6.79 Å². The van der Waals surface area contributed by atoms with E-state index < -0.39 is 0 Å². The highest BCUT2D eigenvalue weighted by Gasteiger charge is 2.31. The van der Waals surface area contributed by atoms with Crippen molar-refractivity contribution in [3.05, 3.63) is 23.8 Å². The first kappa shape index (κ1) is 12.3. The normalized spacial score (nSPS) is 25.5. The van der Waals surface area contributed by atoms with Gasteiger partial charge in [0.15, 0.2) is 11.5 Å². The minimum Gasteiger partial charge on any atom is -0.454 e. The van der Waals surface area contributed by atoms with Crippen LogP contribution in [0, 0.1) is 0 Å². The van der Waals surface area contributed by atoms with Gasteiger partial charge in [0, 0.05) is 6.54 Å². The number of benzene rings is 1. The van der Waals surface area contributed by atoms with Gasteiger partial charge in [-0.15, -0.1) is 0 Å². The second-order valence-electron chi connectivity index (χ2n) is 4.99. The van der Waals surface area contributed by atoms with Crippen LogP contribution in [-0.2, 0) is 4.74 Å². The maximum atomic E-state index is 12.7. The molecule has 2 aliphatic rings. The minimum absolute atomic E-state index is 0.0231. The Kier molecular flexibility index (Phi) is 3.06. The molecule has 0 radical (unpaired) electrons. The van der Waals surface area contributed by atoms with Crippen LogP contribution in [0.3, 0.4) is 0 Å². The van der Waals surface area contributed by atoms with Crippen molar-refractivity contribution in [2.45, 2.75) is 26.0 Å². The van der Waals surface area contributed by atoms with Gasteiger partial charge in [0.05, 0.1) is 24.3 Å². The molecule has 2 aliphatic heterocycles. The van der Waals surface area contributed by atoms with E-state index in [1.54, 1.807) is 6.07 Å². The molecule has 19 heavy (non-hydrogen) atoms. The molecule has 1 fully saturated rings. The molecular formula is C14H17NO4. The monoisotopic (exact) mass is 263 g/mol. The zero-order valence-electron chi connectivity index (χ0n) is 11.1. The van der Waals surface area contributed by atoms with E-state index in [1.807, 2.05) is 30.9 Å². The molecule has 5 nitrogen and oxygen atoms in total. The van der Waals surface area contributed by atoms with Crippen LogP contribution in [0.15, 0.2) is 18.2 Å². The van der Waals surface area contributed by atoms with Crippen LogP contribution < -0.4 is 9.47 Å². The molecule has 0 unspecified atom stereocenters. The molecule has 0 spiro atoms. The topological polar surface area (TPSA) is 48.0 Å². The number of amides is 1. The standard InChI is InChI=1S/C14H17NO4/c1-9-7-17-10(2)6-15(9)14(16)11-4-3-5-12-13(11)19-8-18-12/h3-5,9-10H,6-8H2,1-2H3/t9-,10-/m0/s1. The summed E-state index contributed by atoms with van der Waals surface area (Å²) in [5.74, 6) is 1.17. The molecule has 0 bridgehead atoms. The van der Waals surface area contributed by atoms with E-state index in [1.165, 1.54) is 0 Å². The van der Waals surface area contributed by atoms with E-state index in [0.717, 1.165) is 0 Å². The van der Waals surface area contributed by atoms with Crippen LogP contribution in [-0.4, -0.2) is 42.9 Å². The van der Waals surface area contributed by atoms with Gasteiger partial charge >= 0.3 is 0 Å². The van der Waals surface area contributed by atoms with Crippen LogP contribution in [0.4, 0.5) is 0 Å². The molecule has 1 saturated heterocycles. The lowest BCUT2D eigenvalue weighted by molar-refractivity contribution is -0.0388. The maximum absolute atomic E-state index is 12.7. The average molecular weight is 263 g/mol. The average Bonchev–Trinajstić information content (AvgIpc) is 2.89. The van der Waals surface area contributed by atoms with Crippen molar-refractivity contribution >= 4 is 5.91 Å². The smallest absolute Gasteiger partial charge is 0.258 e. The molecule has 0 saturated carbocycles. The minimum atomic E-state index is -0.0231. The van der Waals surface area contributed by atoms with Crippen molar-refractivity contribution < 1.29 is 19.0 Å². The van der Waals surface area contributed by atoms with Crippen molar-refractivity contribution in [1.82, 2.24) is 4.90 Å². The fourth-order valence-corrected chi connectivity index (χ4v) is 2.44. The molecule has 1 aromatic rings. The third-order valence-corrected chi connectivity index (χ3v) is 3.50. The highest BCUT2D eigenvalue weighted by Crippen LogP contribution is 2.36. The van der Waals surface area contributed by atoms with Gasteiger partial charge < -0.3 is 19.1 Å². The van der Waals surface area contributed by atoms with Gasteiger partial charge in [0.25, 0.3) is 5.91 Å². The van der Waals surface area contributed by atoms with Crippen molar-refractivity contribution in [3.63, 3.8) is 0 Å². The number of rotatable bonds is 1. The highest BCUT2D eigenvalue weighted by molar-refractivity contribution is 5.98. The van der Waals surface area contributed by atoms with Crippen LogP contribution in [0.2, 0.25) is 0 Å². The Morgan fingerprint density at radius 2 is 2.16 bits per heavy atom. The number of para-hydroxylation sites is 1. The quantitative estimate of drug-likeness (QED) is 0.773. The van der Waals surface area contributed by atoms with Gasteiger partial charge in [-0.3, -0.25) is 4.79 Å². The molecule has 2 atom stereocenters. The molecule has 1 amide bonds. The summed E-state index contributed by atoms with van der Waals surface area (Å²) in [5, 5.41) is 0. The zero-order chi connectivity index (χ0) is 13.4. The third-order valence-electron chi connectivity index (χ3n) is 3.50. The Labute approximate surface area is 112 Å². The first-order valence-corrected chi connectivity index (χ1v) is 6.48. The molecule has 1 aromatic carbocycles. The van der Waals surface area contributed by atoms with Crippen molar-refractivity contribution in [2.24, 2.45) is 0 Å². The summed E-state index contributed by atoms with van der Waals surface area (Å²) >= 11 is 0. The number of hydrogen-bond donors (Lipinski definition) is 0. The Hall–Kier alpha value is -1.75. The van der Waals surface area contributed by atoms with Crippen LogP contribution in [0.1, 0.15) is 24.2 Å². The first-order valence-electron chi connectivity index (χ1n) is 6.48. The summed E-state index contributed by atoms with van der Waals surface area (Å²) in [6.45, 7) is 5.31. The Balaban J connectivity index is 1.90. The first-order chi connectivity index (χ1) is 9.16. The van der Waals surface area contributed by atoms with E-state index >= 15 is 0 Å². The van der Waals surface area contributed by atoms with Gasteiger partial charge in [-0.05, 0) is 26.0 Å². The highest BCUT2D eigenvalue weighted by atomic mass is 16.7. The summed E-state index contributed by atoms with van der Waals surface area (Å²) in [7, 11) is 0. The van der Waals surface area contributed by atoms with Crippen molar-refractivity contribution in [3.8, 4) is 11.5 Å². The van der Waals surface area contributed by atoms with E-state index in [-0.39, 0.29) is 24.8 Å². The number of carbonyl (C=O) groups is 1. The predicted octanol–water partition coefficient (Wildman–Crippen LogP) is 1.66. The zero-order valence-corrected chi connectivity index (χ0v) is 11.1. The maximum Gasteiger partial charge on any atom is 0.258 e. The molecule has 0 aromatic heterocycles.